The summed E-state index contributed by atoms with van der Waals surface area (Å²) < 4.78 is 20.7. The monoisotopic (exact) mass is 409 g/mol. The van der Waals surface area contributed by atoms with Gasteiger partial charge >= 0.3 is 5.97 Å². The lowest BCUT2D eigenvalue weighted by Gasteiger charge is -2.15. The van der Waals surface area contributed by atoms with Crippen LogP contribution in [0, 0.1) is 0 Å². The lowest BCUT2D eigenvalue weighted by atomic mass is 10.1. The number of furan rings is 1. The fourth-order valence-electron chi connectivity index (χ4n) is 2.66. The van der Waals surface area contributed by atoms with Gasteiger partial charge in [-0.25, -0.2) is 4.79 Å². The molecule has 0 fully saturated rings. The molecule has 0 aliphatic carbocycles. The molecule has 1 heterocycles. The van der Waals surface area contributed by atoms with Gasteiger partial charge in [-0.1, -0.05) is 30.3 Å². The molecule has 0 atom stereocenters. The molecule has 0 radical (unpaired) electrons. The van der Waals surface area contributed by atoms with E-state index in [-0.39, 0.29) is 28.5 Å². The predicted octanol–water partition coefficient (Wildman–Crippen LogP) is 3.59. The number of nitrogens with one attached hydrogen (secondary N) is 1. The normalized spacial score (nSPS) is 10.2. The first-order chi connectivity index (χ1) is 14.5. The van der Waals surface area contributed by atoms with Crippen LogP contribution in [0.5, 0.6) is 11.5 Å². The van der Waals surface area contributed by atoms with Crippen molar-refractivity contribution in [3.8, 4) is 11.5 Å². The van der Waals surface area contributed by atoms with E-state index in [9.17, 15) is 14.4 Å². The highest BCUT2D eigenvalue weighted by molar-refractivity contribution is 6.07. The van der Waals surface area contributed by atoms with E-state index in [0.717, 1.165) is 0 Å². The van der Waals surface area contributed by atoms with Crippen molar-refractivity contribution in [2.75, 3.05) is 26.1 Å². The van der Waals surface area contributed by atoms with E-state index in [0.29, 0.717) is 11.3 Å². The van der Waals surface area contributed by atoms with E-state index in [1.54, 1.807) is 36.4 Å². The molecular weight excluding hydrogens is 390 g/mol. The summed E-state index contributed by atoms with van der Waals surface area (Å²) >= 11 is 0. The molecule has 3 rings (SSSR count). The molecule has 154 valence electrons. The molecule has 2 aromatic carbocycles. The molecular formula is C22H19NO7. The number of esters is 1. The van der Waals surface area contributed by atoms with Gasteiger partial charge in [0.1, 0.15) is 0 Å². The Morgan fingerprint density at radius 2 is 1.63 bits per heavy atom. The maximum absolute atomic E-state index is 12.7. The first-order valence-corrected chi connectivity index (χ1v) is 8.89. The summed E-state index contributed by atoms with van der Waals surface area (Å²) in [6, 6.07) is 14.3. The van der Waals surface area contributed by atoms with Crippen LogP contribution in [0.25, 0.3) is 0 Å². The number of carbonyl (C=O) groups is 3. The summed E-state index contributed by atoms with van der Waals surface area (Å²) in [6.45, 7) is -0.456. The van der Waals surface area contributed by atoms with E-state index in [4.69, 9.17) is 18.6 Å². The van der Waals surface area contributed by atoms with Crippen molar-refractivity contribution in [1.29, 1.82) is 0 Å². The first kappa shape index (κ1) is 20.7. The molecule has 30 heavy (non-hydrogen) atoms. The number of hydrogen-bond acceptors (Lipinski definition) is 7. The quantitative estimate of drug-likeness (QED) is 0.448. The van der Waals surface area contributed by atoms with Crippen molar-refractivity contribution in [1.82, 2.24) is 0 Å². The number of carbonyl (C=O) groups excluding carboxylic acids is 3. The maximum atomic E-state index is 12.7. The number of ketones is 1. The molecule has 1 amide bonds. The molecule has 0 aliphatic rings. The highest BCUT2D eigenvalue weighted by atomic mass is 16.5. The van der Waals surface area contributed by atoms with Crippen molar-refractivity contribution in [2.24, 2.45) is 0 Å². The SMILES string of the molecule is COc1cc(NC(=O)c2ccco2)c(C(=O)OCC(=O)c2ccccc2)cc1OC. The number of methoxy groups -OCH3 is 2. The molecule has 1 N–H and O–H groups in total. The lowest BCUT2D eigenvalue weighted by molar-refractivity contribution is 0.0475. The zero-order valence-corrected chi connectivity index (χ0v) is 16.3. The maximum Gasteiger partial charge on any atom is 0.340 e. The van der Waals surface area contributed by atoms with Gasteiger partial charge in [0, 0.05) is 17.7 Å². The topological polar surface area (TPSA) is 104 Å². The molecule has 0 saturated carbocycles. The summed E-state index contributed by atoms with van der Waals surface area (Å²) in [7, 11) is 2.83. The Morgan fingerprint density at radius 1 is 0.933 bits per heavy atom. The fourth-order valence-corrected chi connectivity index (χ4v) is 2.66. The molecule has 1 aromatic heterocycles. The van der Waals surface area contributed by atoms with Crippen molar-refractivity contribution < 1.29 is 33.0 Å². The standard InChI is InChI=1S/C22H19NO7/c1-27-19-11-15(22(26)30-13-17(24)14-7-4-3-5-8-14)16(12-20(19)28-2)23-21(25)18-9-6-10-29-18/h3-12H,13H2,1-2H3,(H,23,25). The van der Waals surface area contributed by atoms with Gasteiger partial charge in [-0.15, -0.1) is 0 Å². The number of anilines is 1. The van der Waals surface area contributed by atoms with E-state index in [1.807, 2.05) is 0 Å². The first-order valence-electron chi connectivity index (χ1n) is 8.89. The number of amides is 1. The number of Topliss-reactive ketones (excluding diaryl/α,β-unsaturated/α-hetero) is 1. The van der Waals surface area contributed by atoms with Gasteiger partial charge in [0.25, 0.3) is 5.91 Å². The molecule has 0 saturated heterocycles. The van der Waals surface area contributed by atoms with Crippen LogP contribution in [0.3, 0.4) is 0 Å². The van der Waals surface area contributed by atoms with E-state index >= 15 is 0 Å². The van der Waals surface area contributed by atoms with Gasteiger partial charge in [0.15, 0.2) is 29.6 Å². The van der Waals surface area contributed by atoms with Gasteiger partial charge in [-0.2, -0.15) is 0 Å². The predicted molar refractivity (Wildman–Crippen MR) is 107 cm³/mol. The summed E-state index contributed by atoms with van der Waals surface area (Å²) in [5.74, 6) is -1.12. The minimum Gasteiger partial charge on any atom is -0.493 e. The van der Waals surface area contributed by atoms with Crippen LogP contribution in [0.4, 0.5) is 5.69 Å². The number of hydrogen-bond donors (Lipinski definition) is 1. The van der Waals surface area contributed by atoms with Gasteiger partial charge in [-0.3, -0.25) is 9.59 Å². The number of ether oxygens (including phenoxy) is 3. The zero-order chi connectivity index (χ0) is 21.5. The van der Waals surface area contributed by atoms with Gasteiger partial charge in [0.05, 0.1) is 31.7 Å². The highest BCUT2D eigenvalue weighted by Gasteiger charge is 2.22. The van der Waals surface area contributed by atoms with Gasteiger partial charge < -0.3 is 23.9 Å². The Kier molecular flexibility index (Phi) is 6.49. The molecule has 0 aliphatic heterocycles. The summed E-state index contributed by atoms with van der Waals surface area (Å²) in [5, 5.41) is 2.59. The second kappa shape index (κ2) is 9.42. The average molecular weight is 409 g/mol. The van der Waals surface area contributed by atoms with Crippen LogP contribution in [0.15, 0.2) is 65.3 Å². The summed E-state index contributed by atoms with van der Waals surface area (Å²) in [6.07, 6.45) is 1.36. The van der Waals surface area contributed by atoms with Crippen LogP contribution >= 0.6 is 0 Å². The van der Waals surface area contributed by atoms with Gasteiger partial charge in [-0.05, 0) is 12.1 Å². The zero-order valence-electron chi connectivity index (χ0n) is 16.3. The Bertz CT molecular complexity index is 1040. The molecule has 8 heteroatoms. The van der Waals surface area contributed by atoms with Crippen LogP contribution in [0.1, 0.15) is 31.3 Å². The molecule has 0 spiro atoms. The van der Waals surface area contributed by atoms with Crippen molar-refractivity contribution in [3.05, 3.63) is 77.7 Å². The van der Waals surface area contributed by atoms with Crippen LogP contribution in [-0.4, -0.2) is 38.5 Å². The smallest absolute Gasteiger partial charge is 0.340 e. The Balaban J connectivity index is 1.84. The number of benzene rings is 2. The van der Waals surface area contributed by atoms with Crippen molar-refractivity contribution in [2.45, 2.75) is 0 Å². The lowest BCUT2D eigenvalue weighted by Crippen LogP contribution is -2.18. The van der Waals surface area contributed by atoms with Crippen molar-refractivity contribution >= 4 is 23.3 Å². The van der Waals surface area contributed by atoms with Crippen LogP contribution in [-0.2, 0) is 4.74 Å². The minimum atomic E-state index is -0.810. The second-order valence-corrected chi connectivity index (χ2v) is 6.05. The van der Waals surface area contributed by atoms with Crippen LogP contribution in [0.2, 0.25) is 0 Å². The second-order valence-electron chi connectivity index (χ2n) is 6.05. The summed E-state index contributed by atoms with van der Waals surface area (Å²) in [4.78, 5) is 37.3. The Hall–Kier alpha value is -4.07. The molecule has 0 bridgehead atoms. The molecule has 3 aromatic rings. The third kappa shape index (κ3) is 4.67. The minimum absolute atomic E-state index is 0.00609. The third-order valence-corrected chi connectivity index (χ3v) is 4.17. The molecule has 8 nitrogen and oxygen atoms in total. The van der Waals surface area contributed by atoms with E-state index in [2.05, 4.69) is 5.32 Å². The average Bonchev–Trinajstić information content (AvgIpc) is 3.32. The highest BCUT2D eigenvalue weighted by Crippen LogP contribution is 2.34. The third-order valence-electron chi connectivity index (χ3n) is 4.17. The summed E-state index contributed by atoms with van der Waals surface area (Å²) in [5.41, 5.74) is 0.531. The van der Waals surface area contributed by atoms with Crippen LogP contribution < -0.4 is 14.8 Å². The van der Waals surface area contributed by atoms with Crippen molar-refractivity contribution in [3.63, 3.8) is 0 Å². The fraction of sp³-hybridized carbons (Fsp3) is 0.136. The van der Waals surface area contributed by atoms with E-state index < -0.39 is 18.5 Å². The molecule has 0 unspecified atom stereocenters. The van der Waals surface area contributed by atoms with Gasteiger partial charge in [0.2, 0.25) is 0 Å². The largest absolute Gasteiger partial charge is 0.493 e. The number of rotatable bonds is 8. The Morgan fingerprint density at radius 3 is 2.27 bits per heavy atom. The Labute approximate surface area is 172 Å². The van der Waals surface area contributed by atoms with E-state index in [1.165, 1.54) is 38.7 Å².